The van der Waals surface area contributed by atoms with E-state index in [1.807, 2.05) is 12.1 Å². The standard InChI is InChI=1S/C21H30O/c1-4-20(2)11-10-19-18-7-5-14-13-15(22)6-8-16(14)17(18)9-12-21(19,20)3/h6,8,13,17-19,22H,4-5,7,9-12H2,1-3H3/t17-,18-,19+,20+,21+/m1/s1. The normalized spacial score (nSPS) is 43.3. The van der Waals surface area contributed by atoms with Crippen LogP contribution in [0.2, 0.25) is 0 Å². The van der Waals surface area contributed by atoms with Crippen LogP contribution in [0.4, 0.5) is 0 Å². The topological polar surface area (TPSA) is 20.2 Å². The first kappa shape index (κ1) is 14.6. The minimum atomic E-state index is 0.442. The van der Waals surface area contributed by atoms with Gasteiger partial charge in [0, 0.05) is 0 Å². The number of hydrogen-bond donors (Lipinski definition) is 1. The summed E-state index contributed by atoms with van der Waals surface area (Å²) in [6.07, 6.45) is 9.45. The van der Waals surface area contributed by atoms with Crippen molar-refractivity contribution >= 4 is 0 Å². The molecule has 1 N–H and O–H groups in total. The molecule has 22 heavy (non-hydrogen) atoms. The van der Waals surface area contributed by atoms with Crippen LogP contribution in [0.15, 0.2) is 18.2 Å². The van der Waals surface area contributed by atoms with E-state index in [0.29, 0.717) is 16.6 Å². The van der Waals surface area contributed by atoms with Crippen LogP contribution < -0.4 is 0 Å². The van der Waals surface area contributed by atoms with Crippen molar-refractivity contribution in [1.82, 2.24) is 0 Å². The van der Waals surface area contributed by atoms with E-state index in [9.17, 15) is 5.11 Å². The summed E-state index contributed by atoms with van der Waals surface area (Å²) in [6, 6.07) is 6.14. The van der Waals surface area contributed by atoms with E-state index in [0.717, 1.165) is 17.8 Å². The quantitative estimate of drug-likeness (QED) is 0.708. The maximum Gasteiger partial charge on any atom is 0.115 e. The minimum Gasteiger partial charge on any atom is -0.508 e. The van der Waals surface area contributed by atoms with Crippen LogP contribution in [-0.2, 0) is 6.42 Å². The number of phenols is 1. The summed E-state index contributed by atoms with van der Waals surface area (Å²) in [4.78, 5) is 0. The zero-order valence-corrected chi connectivity index (χ0v) is 14.4. The Kier molecular flexibility index (Phi) is 3.16. The first-order valence-corrected chi connectivity index (χ1v) is 9.30. The van der Waals surface area contributed by atoms with Crippen molar-refractivity contribution in [3.8, 4) is 5.75 Å². The molecule has 2 fully saturated rings. The molecular formula is C21H30O. The molecule has 1 aromatic rings. The van der Waals surface area contributed by atoms with Crippen LogP contribution in [0, 0.1) is 22.7 Å². The molecule has 0 amide bonds. The molecule has 0 unspecified atom stereocenters. The van der Waals surface area contributed by atoms with E-state index in [2.05, 4.69) is 26.8 Å². The van der Waals surface area contributed by atoms with E-state index >= 15 is 0 Å². The fourth-order valence-electron chi connectivity index (χ4n) is 6.51. The van der Waals surface area contributed by atoms with Crippen LogP contribution in [0.1, 0.15) is 76.3 Å². The van der Waals surface area contributed by atoms with Gasteiger partial charge in [-0.3, -0.25) is 0 Å². The monoisotopic (exact) mass is 298 g/mol. The summed E-state index contributed by atoms with van der Waals surface area (Å²) in [6.45, 7) is 7.57. The first-order chi connectivity index (χ1) is 10.5. The van der Waals surface area contributed by atoms with Crippen molar-refractivity contribution in [2.45, 2.75) is 71.6 Å². The Morgan fingerprint density at radius 3 is 2.73 bits per heavy atom. The summed E-state index contributed by atoms with van der Waals surface area (Å²) in [5.74, 6) is 2.99. The molecule has 1 heteroatoms. The second kappa shape index (κ2) is 4.76. The Morgan fingerprint density at radius 1 is 1.14 bits per heavy atom. The molecule has 0 aromatic heterocycles. The van der Waals surface area contributed by atoms with E-state index in [4.69, 9.17) is 0 Å². The lowest BCUT2D eigenvalue weighted by atomic mass is 9.50. The average Bonchev–Trinajstić information content (AvgIpc) is 2.79. The van der Waals surface area contributed by atoms with Crippen LogP contribution >= 0.6 is 0 Å². The van der Waals surface area contributed by atoms with Crippen molar-refractivity contribution in [2.24, 2.45) is 22.7 Å². The summed E-state index contributed by atoms with van der Waals surface area (Å²) in [7, 11) is 0. The van der Waals surface area contributed by atoms with Gasteiger partial charge < -0.3 is 5.11 Å². The molecule has 3 aliphatic carbocycles. The molecule has 0 heterocycles. The van der Waals surface area contributed by atoms with Gasteiger partial charge in [0.25, 0.3) is 0 Å². The molecule has 0 spiro atoms. The first-order valence-electron chi connectivity index (χ1n) is 9.30. The van der Waals surface area contributed by atoms with Gasteiger partial charge in [0.2, 0.25) is 0 Å². The number of hydrogen-bond acceptors (Lipinski definition) is 1. The molecule has 5 atom stereocenters. The zero-order valence-electron chi connectivity index (χ0n) is 14.4. The number of fused-ring (bicyclic) bond motifs is 5. The number of aryl methyl sites for hydroxylation is 1. The van der Waals surface area contributed by atoms with Crippen LogP contribution in [0.25, 0.3) is 0 Å². The summed E-state index contributed by atoms with van der Waals surface area (Å²) < 4.78 is 0. The van der Waals surface area contributed by atoms with Gasteiger partial charge in [-0.2, -0.15) is 0 Å². The average molecular weight is 298 g/mol. The Balaban J connectivity index is 1.70. The fourth-order valence-corrected chi connectivity index (χ4v) is 6.51. The third-order valence-corrected chi connectivity index (χ3v) is 8.27. The molecule has 0 radical (unpaired) electrons. The molecular weight excluding hydrogens is 268 g/mol. The second-order valence-corrected chi connectivity index (χ2v) is 8.71. The SMILES string of the molecule is CC[C@@]1(C)CC[C@H]2[C@@H]3CCc4cc(O)ccc4[C@H]3CC[C@@]21C. The van der Waals surface area contributed by atoms with E-state index in [1.165, 1.54) is 50.5 Å². The molecule has 1 aromatic carbocycles. The Morgan fingerprint density at radius 2 is 1.95 bits per heavy atom. The lowest BCUT2D eigenvalue weighted by Crippen LogP contribution is -2.45. The predicted octanol–water partition coefficient (Wildman–Crippen LogP) is 5.66. The lowest BCUT2D eigenvalue weighted by Gasteiger charge is -2.54. The van der Waals surface area contributed by atoms with Crippen molar-refractivity contribution in [3.63, 3.8) is 0 Å². The van der Waals surface area contributed by atoms with Gasteiger partial charge in [0.05, 0.1) is 0 Å². The highest BCUT2D eigenvalue weighted by Crippen LogP contribution is 2.68. The van der Waals surface area contributed by atoms with Gasteiger partial charge >= 0.3 is 0 Å². The Hall–Kier alpha value is -0.980. The number of rotatable bonds is 1. The molecule has 1 nitrogen and oxygen atoms in total. The molecule has 0 bridgehead atoms. The maximum absolute atomic E-state index is 9.78. The Bertz CT molecular complexity index is 592. The van der Waals surface area contributed by atoms with E-state index in [-0.39, 0.29) is 0 Å². The highest BCUT2D eigenvalue weighted by atomic mass is 16.3. The largest absolute Gasteiger partial charge is 0.508 e. The number of aromatic hydroxyl groups is 1. The predicted molar refractivity (Wildman–Crippen MR) is 91.1 cm³/mol. The fraction of sp³-hybridized carbons (Fsp3) is 0.714. The smallest absolute Gasteiger partial charge is 0.115 e. The molecule has 4 rings (SSSR count). The van der Waals surface area contributed by atoms with Gasteiger partial charge in [0.15, 0.2) is 0 Å². The third kappa shape index (κ3) is 1.77. The summed E-state index contributed by atoms with van der Waals surface area (Å²) in [5, 5.41) is 9.78. The number of phenolic OH excluding ortho intramolecular Hbond substituents is 1. The maximum atomic E-state index is 9.78. The molecule has 3 aliphatic rings. The van der Waals surface area contributed by atoms with Gasteiger partial charge in [-0.15, -0.1) is 0 Å². The summed E-state index contributed by atoms with van der Waals surface area (Å²) >= 11 is 0. The van der Waals surface area contributed by atoms with Crippen LogP contribution in [0.3, 0.4) is 0 Å². The van der Waals surface area contributed by atoms with E-state index in [1.54, 1.807) is 5.56 Å². The highest BCUT2D eigenvalue weighted by molar-refractivity contribution is 5.40. The van der Waals surface area contributed by atoms with E-state index < -0.39 is 0 Å². The van der Waals surface area contributed by atoms with Crippen molar-refractivity contribution in [2.75, 3.05) is 0 Å². The van der Waals surface area contributed by atoms with Gasteiger partial charge in [-0.05, 0) is 90.4 Å². The molecule has 120 valence electrons. The number of benzene rings is 1. The van der Waals surface area contributed by atoms with Crippen molar-refractivity contribution < 1.29 is 5.11 Å². The molecule has 0 saturated heterocycles. The van der Waals surface area contributed by atoms with Crippen molar-refractivity contribution in [1.29, 1.82) is 0 Å². The van der Waals surface area contributed by atoms with Crippen molar-refractivity contribution in [3.05, 3.63) is 29.3 Å². The van der Waals surface area contributed by atoms with Gasteiger partial charge in [0.1, 0.15) is 5.75 Å². The second-order valence-electron chi connectivity index (χ2n) is 8.71. The molecule has 2 saturated carbocycles. The minimum absolute atomic E-state index is 0.442. The van der Waals surface area contributed by atoms with Crippen LogP contribution in [0.5, 0.6) is 5.75 Å². The molecule has 0 aliphatic heterocycles. The Labute approximate surface area is 135 Å². The van der Waals surface area contributed by atoms with Gasteiger partial charge in [-0.1, -0.05) is 33.3 Å². The van der Waals surface area contributed by atoms with Crippen LogP contribution in [-0.4, -0.2) is 5.11 Å². The zero-order chi connectivity index (χ0) is 15.5. The third-order valence-electron chi connectivity index (χ3n) is 8.27. The summed E-state index contributed by atoms with van der Waals surface area (Å²) in [5.41, 5.74) is 4.08. The van der Waals surface area contributed by atoms with Gasteiger partial charge in [-0.25, -0.2) is 0 Å². The lowest BCUT2D eigenvalue weighted by molar-refractivity contribution is -0.0197. The highest BCUT2D eigenvalue weighted by Gasteiger charge is 2.58.